The van der Waals surface area contributed by atoms with Crippen molar-refractivity contribution in [3.63, 3.8) is 0 Å². The highest BCUT2D eigenvalue weighted by Crippen LogP contribution is 2.41. The number of nitrogens with zero attached hydrogens (tertiary/aromatic N) is 2. The zero-order valence-electron chi connectivity index (χ0n) is 9.74. The Hall–Kier alpha value is -0.580. The minimum absolute atomic E-state index is 0.0347. The standard InChI is InChI=1S/C11H18ClN3O/c1-15-10(8(12)7-14-15)9(13)6-11(16-2)4-3-5-11/h7,9H,3-6,13H2,1-2H3. The van der Waals surface area contributed by atoms with Gasteiger partial charge < -0.3 is 10.5 Å². The number of nitrogens with two attached hydrogens (primary N) is 1. The first kappa shape index (κ1) is 11.9. The van der Waals surface area contributed by atoms with E-state index in [9.17, 15) is 0 Å². The molecular formula is C11H18ClN3O. The molecule has 1 heterocycles. The molecule has 1 unspecified atom stereocenters. The van der Waals surface area contributed by atoms with Gasteiger partial charge in [0.1, 0.15) is 0 Å². The fourth-order valence-corrected chi connectivity index (χ4v) is 2.70. The molecule has 0 saturated heterocycles. The Labute approximate surface area is 101 Å². The number of methoxy groups -OCH3 is 1. The third-order valence-corrected chi connectivity index (χ3v) is 3.87. The number of aryl methyl sites for hydroxylation is 1. The first-order valence-corrected chi connectivity index (χ1v) is 5.94. The van der Waals surface area contributed by atoms with Crippen LogP contribution in [0.15, 0.2) is 6.20 Å². The lowest BCUT2D eigenvalue weighted by atomic mass is 9.75. The lowest BCUT2D eigenvalue weighted by Crippen LogP contribution is -2.42. The van der Waals surface area contributed by atoms with Gasteiger partial charge in [-0.25, -0.2) is 0 Å². The van der Waals surface area contributed by atoms with Crippen molar-refractivity contribution < 1.29 is 4.74 Å². The molecule has 0 spiro atoms. The highest BCUT2D eigenvalue weighted by Gasteiger charge is 2.39. The lowest BCUT2D eigenvalue weighted by Gasteiger charge is -2.42. The molecule has 1 aliphatic carbocycles. The van der Waals surface area contributed by atoms with Gasteiger partial charge in [0.15, 0.2) is 0 Å². The van der Waals surface area contributed by atoms with Crippen LogP contribution >= 0.6 is 11.6 Å². The van der Waals surface area contributed by atoms with Crippen LogP contribution in [0.4, 0.5) is 0 Å². The summed E-state index contributed by atoms with van der Waals surface area (Å²) >= 11 is 6.07. The Bertz CT molecular complexity index is 348. The maximum atomic E-state index is 6.19. The lowest BCUT2D eigenvalue weighted by molar-refractivity contribution is -0.0820. The summed E-state index contributed by atoms with van der Waals surface area (Å²) in [6.45, 7) is 0. The second-order valence-electron chi connectivity index (χ2n) is 4.55. The Balaban J connectivity index is 2.11. The molecule has 1 aromatic heterocycles. The van der Waals surface area contributed by atoms with Crippen LogP contribution in [0.2, 0.25) is 5.02 Å². The molecular weight excluding hydrogens is 226 g/mol. The van der Waals surface area contributed by atoms with Crippen molar-refractivity contribution in [1.82, 2.24) is 9.78 Å². The van der Waals surface area contributed by atoms with Crippen LogP contribution in [-0.2, 0) is 11.8 Å². The summed E-state index contributed by atoms with van der Waals surface area (Å²) in [6.07, 6.45) is 5.85. The van der Waals surface area contributed by atoms with Crippen LogP contribution in [0.5, 0.6) is 0 Å². The maximum Gasteiger partial charge on any atom is 0.0833 e. The highest BCUT2D eigenvalue weighted by atomic mass is 35.5. The van der Waals surface area contributed by atoms with E-state index in [1.807, 2.05) is 7.05 Å². The second-order valence-corrected chi connectivity index (χ2v) is 4.96. The van der Waals surface area contributed by atoms with Gasteiger partial charge in [-0.1, -0.05) is 11.6 Å². The van der Waals surface area contributed by atoms with Crippen molar-refractivity contribution in [3.05, 3.63) is 16.9 Å². The number of hydrogen-bond donors (Lipinski definition) is 1. The van der Waals surface area contributed by atoms with Crippen molar-refractivity contribution in [2.24, 2.45) is 12.8 Å². The number of halogens is 1. The minimum atomic E-state index is -0.111. The number of rotatable bonds is 4. The SMILES string of the molecule is COC1(CC(N)c2c(Cl)cnn2C)CCC1. The fourth-order valence-electron chi connectivity index (χ4n) is 2.40. The van der Waals surface area contributed by atoms with E-state index < -0.39 is 0 Å². The third-order valence-electron chi connectivity index (χ3n) is 3.58. The van der Waals surface area contributed by atoms with Gasteiger partial charge in [0.05, 0.1) is 28.6 Å². The minimum Gasteiger partial charge on any atom is -0.378 e. The molecule has 0 aliphatic heterocycles. The molecule has 2 rings (SSSR count). The van der Waals surface area contributed by atoms with Crippen molar-refractivity contribution in [1.29, 1.82) is 0 Å². The van der Waals surface area contributed by atoms with Gasteiger partial charge in [-0.3, -0.25) is 4.68 Å². The van der Waals surface area contributed by atoms with Crippen LogP contribution in [-0.4, -0.2) is 22.5 Å². The molecule has 16 heavy (non-hydrogen) atoms. The normalized spacial score (nSPS) is 20.5. The van der Waals surface area contributed by atoms with E-state index in [2.05, 4.69) is 5.10 Å². The van der Waals surface area contributed by atoms with Gasteiger partial charge in [-0.15, -0.1) is 0 Å². The molecule has 5 heteroatoms. The average Bonchev–Trinajstić information content (AvgIpc) is 2.52. The van der Waals surface area contributed by atoms with Crippen molar-refractivity contribution >= 4 is 11.6 Å². The van der Waals surface area contributed by atoms with Gasteiger partial charge in [0.25, 0.3) is 0 Å². The average molecular weight is 244 g/mol. The van der Waals surface area contributed by atoms with E-state index >= 15 is 0 Å². The summed E-state index contributed by atoms with van der Waals surface area (Å²) in [5.74, 6) is 0. The van der Waals surface area contributed by atoms with Gasteiger partial charge >= 0.3 is 0 Å². The van der Waals surface area contributed by atoms with Crippen molar-refractivity contribution in [2.75, 3.05) is 7.11 Å². The molecule has 0 bridgehead atoms. The Morgan fingerprint density at radius 1 is 1.69 bits per heavy atom. The molecule has 0 radical (unpaired) electrons. The molecule has 1 saturated carbocycles. The molecule has 0 aromatic carbocycles. The zero-order chi connectivity index (χ0) is 11.8. The van der Waals surface area contributed by atoms with Crippen LogP contribution < -0.4 is 5.73 Å². The summed E-state index contributed by atoms with van der Waals surface area (Å²) in [5, 5.41) is 4.74. The summed E-state index contributed by atoms with van der Waals surface area (Å²) in [5.41, 5.74) is 7.05. The predicted molar refractivity (Wildman–Crippen MR) is 63.4 cm³/mol. The van der Waals surface area contributed by atoms with Crippen LogP contribution in [0.1, 0.15) is 37.4 Å². The molecule has 1 aliphatic rings. The molecule has 0 amide bonds. The van der Waals surface area contributed by atoms with Crippen LogP contribution in [0.3, 0.4) is 0 Å². The molecule has 1 fully saturated rings. The van der Waals surface area contributed by atoms with E-state index in [-0.39, 0.29) is 11.6 Å². The third kappa shape index (κ3) is 1.97. The molecule has 90 valence electrons. The summed E-state index contributed by atoms with van der Waals surface area (Å²) in [7, 11) is 3.62. The largest absolute Gasteiger partial charge is 0.378 e. The number of hydrogen-bond acceptors (Lipinski definition) is 3. The predicted octanol–water partition coefficient (Wildman–Crippen LogP) is 2.03. The van der Waals surface area contributed by atoms with E-state index in [4.69, 9.17) is 22.1 Å². The second kappa shape index (κ2) is 4.35. The first-order chi connectivity index (χ1) is 7.58. The van der Waals surface area contributed by atoms with E-state index in [1.54, 1.807) is 18.0 Å². The Kier molecular flexibility index (Phi) is 3.24. The molecule has 4 nitrogen and oxygen atoms in total. The highest BCUT2D eigenvalue weighted by molar-refractivity contribution is 6.31. The Morgan fingerprint density at radius 2 is 2.38 bits per heavy atom. The monoisotopic (exact) mass is 243 g/mol. The topological polar surface area (TPSA) is 53.1 Å². The zero-order valence-corrected chi connectivity index (χ0v) is 10.5. The van der Waals surface area contributed by atoms with Gasteiger partial charge in [-0.05, 0) is 25.7 Å². The van der Waals surface area contributed by atoms with Crippen LogP contribution in [0, 0.1) is 0 Å². The van der Waals surface area contributed by atoms with Crippen LogP contribution in [0.25, 0.3) is 0 Å². The number of aromatic nitrogens is 2. The number of ether oxygens (including phenoxy) is 1. The molecule has 1 aromatic rings. The van der Waals surface area contributed by atoms with Gasteiger partial charge in [-0.2, -0.15) is 5.10 Å². The molecule has 1 atom stereocenters. The molecule has 2 N–H and O–H groups in total. The fraction of sp³-hybridized carbons (Fsp3) is 0.727. The van der Waals surface area contributed by atoms with Crippen molar-refractivity contribution in [3.8, 4) is 0 Å². The van der Waals surface area contributed by atoms with E-state index in [0.717, 1.165) is 25.0 Å². The van der Waals surface area contributed by atoms with Gasteiger partial charge in [0, 0.05) is 14.2 Å². The summed E-state index contributed by atoms with van der Waals surface area (Å²) in [6, 6.07) is -0.111. The van der Waals surface area contributed by atoms with E-state index in [0.29, 0.717) is 5.02 Å². The smallest absolute Gasteiger partial charge is 0.0833 e. The van der Waals surface area contributed by atoms with Crippen molar-refractivity contribution in [2.45, 2.75) is 37.3 Å². The quantitative estimate of drug-likeness (QED) is 0.881. The first-order valence-electron chi connectivity index (χ1n) is 5.56. The Morgan fingerprint density at radius 3 is 2.75 bits per heavy atom. The summed E-state index contributed by atoms with van der Waals surface area (Å²) < 4.78 is 7.31. The van der Waals surface area contributed by atoms with E-state index in [1.165, 1.54) is 6.42 Å². The van der Waals surface area contributed by atoms with Gasteiger partial charge in [0.2, 0.25) is 0 Å². The maximum absolute atomic E-state index is 6.19. The summed E-state index contributed by atoms with van der Waals surface area (Å²) in [4.78, 5) is 0.